The highest BCUT2D eigenvalue weighted by Crippen LogP contribution is 2.41. The lowest BCUT2D eigenvalue weighted by molar-refractivity contribution is 0.391. The molecular weight excluding hydrogens is 234 g/mol. The van der Waals surface area contributed by atoms with Gasteiger partial charge >= 0.3 is 0 Å². The molecule has 1 aliphatic rings. The number of hydrogen-bond acceptors (Lipinski definition) is 2. The van der Waals surface area contributed by atoms with E-state index in [4.69, 9.17) is 22.1 Å². The van der Waals surface area contributed by atoms with E-state index in [2.05, 4.69) is 0 Å². The Balaban J connectivity index is 2.70. The summed E-state index contributed by atoms with van der Waals surface area (Å²) in [6, 6.07) is 2.05. The summed E-state index contributed by atoms with van der Waals surface area (Å²) in [5.41, 5.74) is 9.65. The number of aryl methyl sites for hydroxylation is 1. The number of ether oxygens (including phenoxy) is 1. The molecule has 0 fully saturated rings. The molecule has 0 heterocycles. The summed E-state index contributed by atoms with van der Waals surface area (Å²) in [5, 5.41) is 0.682. The fourth-order valence-electron chi connectivity index (χ4n) is 2.73. The van der Waals surface area contributed by atoms with Gasteiger partial charge in [-0.1, -0.05) is 11.6 Å². The van der Waals surface area contributed by atoms with E-state index in [1.54, 1.807) is 7.11 Å². The third kappa shape index (κ3) is 2.29. The standard InChI is InChI=1S/C14H20ClNO/c1-14(2,16)12-10-7-5-4-6-9(10)8-11(15)13(12)17-3/h8H,4-7,16H2,1-3H3. The van der Waals surface area contributed by atoms with Crippen LogP contribution in [0.5, 0.6) is 5.75 Å². The topological polar surface area (TPSA) is 35.2 Å². The van der Waals surface area contributed by atoms with Gasteiger partial charge in [-0.15, -0.1) is 0 Å². The molecule has 0 saturated heterocycles. The van der Waals surface area contributed by atoms with Gasteiger partial charge in [0.25, 0.3) is 0 Å². The van der Waals surface area contributed by atoms with Crippen LogP contribution in [0, 0.1) is 0 Å². The van der Waals surface area contributed by atoms with Crippen LogP contribution >= 0.6 is 11.6 Å². The number of benzene rings is 1. The minimum Gasteiger partial charge on any atom is -0.495 e. The Morgan fingerprint density at radius 3 is 2.53 bits per heavy atom. The van der Waals surface area contributed by atoms with Gasteiger partial charge in [-0.25, -0.2) is 0 Å². The maximum atomic E-state index is 6.29. The third-order valence-electron chi connectivity index (χ3n) is 3.41. The number of nitrogens with two attached hydrogens (primary N) is 1. The van der Waals surface area contributed by atoms with Crippen molar-refractivity contribution < 1.29 is 4.74 Å². The molecule has 1 aromatic rings. The van der Waals surface area contributed by atoms with Crippen molar-refractivity contribution in [3.8, 4) is 5.75 Å². The van der Waals surface area contributed by atoms with Crippen molar-refractivity contribution in [1.82, 2.24) is 0 Å². The minimum atomic E-state index is -0.419. The fraction of sp³-hybridized carbons (Fsp3) is 0.571. The van der Waals surface area contributed by atoms with Gasteiger partial charge in [0.15, 0.2) is 0 Å². The van der Waals surface area contributed by atoms with E-state index < -0.39 is 5.54 Å². The zero-order valence-electron chi connectivity index (χ0n) is 10.8. The zero-order chi connectivity index (χ0) is 12.6. The second-order valence-electron chi connectivity index (χ2n) is 5.33. The summed E-state index contributed by atoms with van der Waals surface area (Å²) in [4.78, 5) is 0. The average molecular weight is 254 g/mol. The van der Waals surface area contributed by atoms with Crippen LogP contribution in [-0.2, 0) is 18.4 Å². The molecule has 3 heteroatoms. The molecule has 0 spiro atoms. The van der Waals surface area contributed by atoms with Crippen LogP contribution in [0.4, 0.5) is 0 Å². The van der Waals surface area contributed by atoms with E-state index in [0.29, 0.717) is 5.02 Å². The number of methoxy groups -OCH3 is 1. The molecule has 2 N–H and O–H groups in total. The smallest absolute Gasteiger partial charge is 0.142 e. The Labute approximate surface area is 108 Å². The molecule has 1 aliphatic carbocycles. The molecule has 0 bridgehead atoms. The first-order valence-electron chi connectivity index (χ1n) is 6.12. The average Bonchev–Trinajstić information content (AvgIpc) is 2.25. The van der Waals surface area contributed by atoms with Gasteiger partial charge < -0.3 is 10.5 Å². The van der Waals surface area contributed by atoms with Crippen LogP contribution < -0.4 is 10.5 Å². The Morgan fingerprint density at radius 2 is 1.94 bits per heavy atom. The van der Waals surface area contributed by atoms with Gasteiger partial charge in [0.05, 0.1) is 12.1 Å². The number of fused-ring (bicyclic) bond motifs is 1. The van der Waals surface area contributed by atoms with Gasteiger partial charge in [0.1, 0.15) is 5.75 Å². The number of rotatable bonds is 2. The predicted octanol–water partition coefficient (Wildman–Crippen LogP) is 3.42. The Hall–Kier alpha value is -0.730. The molecule has 2 rings (SSSR count). The SMILES string of the molecule is COc1c(Cl)cc2c(c1C(C)(C)N)CCCC2. The lowest BCUT2D eigenvalue weighted by Crippen LogP contribution is -2.32. The zero-order valence-corrected chi connectivity index (χ0v) is 11.5. The molecule has 0 aromatic heterocycles. The quantitative estimate of drug-likeness (QED) is 0.877. The Bertz CT molecular complexity index is 435. The van der Waals surface area contributed by atoms with E-state index in [1.165, 1.54) is 24.0 Å². The van der Waals surface area contributed by atoms with Crippen LogP contribution in [-0.4, -0.2) is 7.11 Å². The highest BCUT2D eigenvalue weighted by atomic mass is 35.5. The van der Waals surface area contributed by atoms with Gasteiger partial charge in [0, 0.05) is 11.1 Å². The molecule has 17 heavy (non-hydrogen) atoms. The molecule has 94 valence electrons. The molecular formula is C14H20ClNO. The van der Waals surface area contributed by atoms with Crippen molar-refractivity contribution in [3.05, 3.63) is 27.8 Å². The van der Waals surface area contributed by atoms with Crippen molar-refractivity contribution in [3.63, 3.8) is 0 Å². The van der Waals surface area contributed by atoms with Crippen LogP contribution in [0.25, 0.3) is 0 Å². The van der Waals surface area contributed by atoms with Crippen molar-refractivity contribution in [1.29, 1.82) is 0 Å². The summed E-state index contributed by atoms with van der Waals surface area (Å²) in [6.07, 6.45) is 4.64. The highest BCUT2D eigenvalue weighted by Gasteiger charge is 2.28. The molecule has 0 amide bonds. The Morgan fingerprint density at radius 1 is 1.29 bits per heavy atom. The first kappa shape index (κ1) is 12.7. The van der Waals surface area contributed by atoms with E-state index in [9.17, 15) is 0 Å². The van der Waals surface area contributed by atoms with Gasteiger partial charge in [0.2, 0.25) is 0 Å². The van der Waals surface area contributed by atoms with Gasteiger partial charge in [-0.3, -0.25) is 0 Å². The second kappa shape index (κ2) is 4.51. The molecule has 0 atom stereocenters. The van der Waals surface area contributed by atoms with Crippen molar-refractivity contribution in [2.45, 2.75) is 45.1 Å². The second-order valence-corrected chi connectivity index (χ2v) is 5.74. The maximum absolute atomic E-state index is 6.29. The van der Waals surface area contributed by atoms with E-state index in [-0.39, 0.29) is 0 Å². The minimum absolute atomic E-state index is 0.419. The van der Waals surface area contributed by atoms with E-state index in [0.717, 1.165) is 24.2 Å². The molecule has 0 radical (unpaired) electrons. The fourth-order valence-corrected chi connectivity index (χ4v) is 3.03. The maximum Gasteiger partial charge on any atom is 0.142 e. The van der Waals surface area contributed by atoms with Gasteiger partial charge in [-0.05, 0) is 56.7 Å². The van der Waals surface area contributed by atoms with E-state index >= 15 is 0 Å². The predicted molar refractivity (Wildman–Crippen MR) is 71.9 cm³/mol. The van der Waals surface area contributed by atoms with Gasteiger partial charge in [-0.2, -0.15) is 0 Å². The number of halogens is 1. The van der Waals surface area contributed by atoms with Crippen molar-refractivity contribution >= 4 is 11.6 Å². The summed E-state index contributed by atoms with van der Waals surface area (Å²) in [5.74, 6) is 0.750. The molecule has 0 saturated carbocycles. The first-order chi connectivity index (χ1) is 7.95. The Kier molecular flexibility index (Phi) is 3.37. The van der Waals surface area contributed by atoms with Crippen LogP contribution in [0.1, 0.15) is 43.4 Å². The lowest BCUT2D eigenvalue weighted by atomic mass is 9.81. The monoisotopic (exact) mass is 253 g/mol. The highest BCUT2D eigenvalue weighted by molar-refractivity contribution is 6.32. The molecule has 1 aromatic carbocycles. The third-order valence-corrected chi connectivity index (χ3v) is 3.69. The summed E-state index contributed by atoms with van der Waals surface area (Å²) >= 11 is 6.29. The van der Waals surface area contributed by atoms with Crippen molar-refractivity contribution in [2.24, 2.45) is 5.73 Å². The molecule has 0 unspecified atom stereocenters. The van der Waals surface area contributed by atoms with Crippen LogP contribution in [0.2, 0.25) is 5.02 Å². The summed E-state index contributed by atoms with van der Waals surface area (Å²) in [7, 11) is 1.66. The number of hydrogen-bond donors (Lipinski definition) is 1. The largest absolute Gasteiger partial charge is 0.495 e. The van der Waals surface area contributed by atoms with Crippen LogP contribution in [0.3, 0.4) is 0 Å². The van der Waals surface area contributed by atoms with Crippen molar-refractivity contribution in [2.75, 3.05) is 7.11 Å². The molecule has 0 aliphatic heterocycles. The summed E-state index contributed by atoms with van der Waals surface area (Å²) in [6.45, 7) is 4.02. The van der Waals surface area contributed by atoms with E-state index in [1.807, 2.05) is 19.9 Å². The first-order valence-corrected chi connectivity index (χ1v) is 6.50. The summed E-state index contributed by atoms with van der Waals surface area (Å²) < 4.78 is 5.46. The lowest BCUT2D eigenvalue weighted by Gasteiger charge is -2.30. The normalized spacial score (nSPS) is 15.6. The molecule has 2 nitrogen and oxygen atoms in total. The van der Waals surface area contributed by atoms with Crippen LogP contribution in [0.15, 0.2) is 6.07 Å².